The quantitative estimate of drug-likeness (QED) is 0.524. The van der Waals surface area contributed by atoms with E-state index < -0.39 is 35.7 Å². The number of halogens is 5. The van der Waals surface area contributed by atoms with Gasteiger partial charge in [-0.1, -0.05) is 0 Å². The normalized spacial score (nSPS) is 11.0. The fraction of sp³-hybridized carbons (Fsp3) is 0.118. The number of aromatic nitrogens is 3. The van der Waals surface area contributed by atoms with Crippen LogP contribution in [0.15, 0.2) is 36.4 Å². The number of hydrogen-bond donors (Lipinski definition) is 1. The molecule has 0 unspecified atom stereocenters. The Morgan fingerprint density at radius 1 is 1.07 bits per heavy atom. The smallest absolute Gasteiger partial charge is 0.387 e. The minimum Gasteiger partial charge on any atom is -0.435 e. The highest BCUT2D eigenvalue weighted by Gasteiger charge is 2.19. The van der Waals surface area contributed by atoms with E-state index in [2.05, 4.69) is 20.1 Å². The van der Waals surface area contributed by atoms with Crippen molar-refractivity contribution in [2.45, 2.75) is 13.5 Å². The largest absolute Gasteiger partial charge is 0.435 e. The van der Waals surface area contributed by atoms with Crippen molar-refractivity contribution in [3.63, 3.8) is 0 Å². The van der Waals surface area contributed by atoms with Crippen LogP contribution in [0.4, 0.5) is 27.6 Å². The van der Waals surface area contributed by atoms with Gasteiger partial charge >= 0.3 is 6.61 Å². The molecule has 1 amide bonds. The van der Waals surface area contributed by atoms with Crippen LogP contribution < -0.4 is 10.1 Å². The third kappa shape index (κ3) is 3.92. The van der Waals surface area contributed by atoms with Crippen LogP contribution in [-0.4, -0.2) is 27.3 Å². The lowest BCUT2D eigenvalue weighted by molar-refractivity contribution is -0.0498. The number of amides is 1. The van der Waals surface area contributed by atoms with Gasteiger partial charge in [-0.15, -0.1) is 5.10 Å². The van der Waals surface area contributed by atoms with E-state index in [1.807, 2.05) is 0 Å². The van der Waals surface area contributed by atoms with E-state index in [-0.39, 0.29) is 17.4 Å². The Hall–Kier alpha value is -3.50. The fourth-order valence-corrected chi connectivity index (χ4v) is 2.30. The molecule has 3 rings (SSSR count). The Morgan fingerprint density at radius 3 is 2.39 bits per heavy atom. The van der Waals surface area contributed by atoms with E-state index in [1.54, 1.807) is 0 Å². The second kappa shape index (κ2) is 7.62. The molecule has 6 nitrogen and oxygen atoms in total. The van der Waals surface area contributed by atoms with Gasteiger partial charge in [0.1, 0.15) is 11.6 Å². The van der Waals surface area contributed by atoms with Crippen LogP contribution in [0.1, 0.15) is 16.4 Å². The van der Waals surface area contributed by atoms with Gasteiger partial charge in [-0.05, 0) is 43.3 Å². The summed E-state index contributed by atoms with van der Waals surface area (Å²) in [5, 5.41) is 6.01. The molecule has 28 heavy (non-hydrogen) atoms. The SMILES string of the molecule is Cc1nc(C(=O)Nc2ccc(F)c(F)c2F)nn1-c1ccc(OC(F)F)cc1. The van der Waals surface area contributed by atoms with Crippen LogP contribution in [0.5, 0.6) is 5.75 Å². The molecule has 146 valence electrons. The van der Waals surface area contributed by atoms with E-state index in [0.717, 1.165) is 6.07 Å². The van der Waals surface area contributed by atoms with Crippen molar-refractivity contribution in [3.8, 4) is 11.4 Å². The van der Waals surface area contributed by atoms with Crippen LogP contribution >= 0.6 is 0 Å². The molecular formula is C17H11F5N4O2. The zero-order valence-corrected chi connectivity index (χ0v) is 14.1. The zero-order chi connectivity index (χ0) is 20.4. The minimum atomic E-state index is -2.97. The molecule has 2 aromatic carbocycles. The summed E-state index contributed by atoms with van der Waals surface area (Å²) in [4.78, 5) is 16.1. The van der Waals surface area contributed by atoms with E-state index in [9.17, 15) is 26.7 Å². The summed E-state index contributed by atoms with van der Waals surface area (Å²) < 4.78 is 69.7. The Labute approximate surface area is 154 Å². The van der Waals surface area contributed by atoms with Crippen molar-refractivity contribution >= 4 is 11.6 Å². The number of alkyl halides is 2. The van der Waals surface area contributed by atoms with Gasteiger partial charge in [0, 0.05) is 0 Å². The summed E-state index contributed by atoms with van der Waals surface area (Å²) >= 11 is 0. The monoisotopic (exact) mass is 398 g/mol. The summed E-state index contributed by atoms with van der Waals surface area (Å²) in [6, 6.07) is 6.90. The first-order valence-electron chi connectivity index (χ1n) is 7.70. The molecule has 1 heterocycles. The van der Waals surface area contributed by atoms with Gasteiger partial charge < -0.3 is 10.1 Å². The van der Waals surface area contributed by atoms with E-state index in [0.29, 0.717) is 11.8 Å². The summed E-state index contributed by atoms with van der Waals surface area (Å²) in [5.74, 6) is -5.80. The van der Waals surface area contributed by atoms with Gasteiger partial charge in [0.25, 0.3) is 5.91 Å². The lowest BCUT2D eigenvalue weighted by Crippen LogP contribution is -2.16. The number of ether oxygens (including phenoxy) is 1. The maximum absolute atomic E-state index is 13.7. The van der Waals surface area contributed by atoms with Gasteiger partial charge in [0.2, 0.25) is 5.82 Å². The maximum Gasteiger partial charge on any atom is 0.387 e. The molecule has 0 atom stereocenters. The molecule has 1 N–H and O–H groups in total. The predicted molar refractivity (Wildman–Crippen MR) is 87.0 cm³/mol. The van der Waals surface area contributed by atoms with Crippen LogP contribution in [0, 0.1) is 24.4 Å². The average molecular weight is 398 g/mol. The predicted octanol–water partition coefficient (Wildman–Crippen LogP) is 3.85. The van der Waals surface area contributed by atoms with Gasteiger partial charge in [-0.2, -0.15) is 8.78 Å². The van der Waals surface area contributed by atoms with Crippen LogP contribution in [-0.2, 0) is 0 Å². The Morgan fingerprint density at radius 2 is 1.75 bits per heavy atom. The summed E-state index contributed by atoms with van der Waals surface area (Å²) in [6.45, 7) is -1.45. The number of anilines is 1. The first kappa shape index (κ1) is 19.3. The average Bonchev–Trinajstić information content (AvgIpc) is 3.04. The van der Waals surface area contributed by atoms with Gasteiger partial charge in [0.15, 0.2) is 17.5 Å². The van der Waals surface area contributed by atoms with E-state index in [1.165, 1.54) is 35.9 Å². The number of carbonyl (C=O) groups is 1. The number of nitrogens with one attached hydrogen (secondary N) is 1. The first-order chi connectivity index (χ1) is 13.3. The molecule has 0 spiro atoms. The van der Waals surface area contributed by atoms with Gasteiger partial charge in [0.05, 0.1) is 11.4 Å². The molecule has 1 aromatic heterocycles. The number of nitrogens with zero attached hydrogens (tertiary/aromatic N) is 3. The highest BCUT2D eigenvalue weighted by Crippen LogP contribution is 2.21. The van der Waals surface area contributed by atoms with Crippen molar-refractivity contribution in [3.05, 3.63) is 65.5 Å². The van der Waals surface area contributed by atoms with Crippen LogP contribution in [0.3, 0.4) is 0 Å². The molecule has 11 heteroatoms. The molecule has 0 saturated heterocycles. The highest BCUT2D eigenvalue weighted by molar-refractivity contribution is 6.01. The molecule has 0 aliphatic heterocycles. The molecular weight excluding hydrogens is 387 g/mol. The molecule has 0 bridgehead atoms. The highest BCUT2D eigenvalue weighted by atomic mass is 19.3. The number of rotatable bonds is 5. The van der Waals surface area contributed by atoms with Crippen molar-refractivity contribution in [1.82, 2.24) is 14.8 Å². The summed E-state index contributed by atoms with van der Waals surface area (Å²) in [5.41, 5.74) is -0.184. The maximum atomic E-state index is 13.7. The van der Waals surface area contributed by atoms with Gasteiger partial charge in [-0.25, -0.2) is 22.8 Å². The van der Waals surface area contributed by atoms with Crippen molar-refractivity contribution in [2.75, 3.05) is 5.32 Å². The lowest BCUT2D eigenvalue weighted by Gasteiger charge is -2.06. The number of hydrogen-bond acceptors (Lipinski definition) is 4. The Bertz CT molecular complexity index is 1020. The minimum absolute atomic E-state index is 0.0664. The second-order valence-corrected chi connectivity index (χ2v) is 5.44. The molecule has 0 aliphatic rings. The second-order valence-electron chi connectivity index (χ2n) is 5.44. The molecule has 3 aromatic rings. The first-order valence-corrected chi connectivity index (χ1v) is 7.70. The van der Waals surface area contributed by atoms with Gasteiger partial charge in [-0.3, -0.25) is 4.79 Å². The third-order valence-electron chi connectivity index (χ3n) is 3.56. The summed E-state index contributed by atoms with van der Waals surface area (Å²) in [7, 11) is 0. The fourth-order valence-electron chi connectivity index (χ4n) is 2.30. The van der Waals surface area contributed by atoms with Crippen LogP contribution in [0.25, 0.3) is 5.69 Å². The molecule has 0 aliphatic carbocycles. The molecule has 0 fully saturated rings. The molecule has 0 saturated carbocycles. The van der Waals surface area contributed by atoms with E-state index in [4.69, 9.17) is 0 Å². The summed E-state index contributed by atoms with van der Waals surface area (Å²) in [6.07, 6.45) is 0. The van der Waals surface area contributed by atoms with Crippen molar-refractivity contribution in [1.29, 1.82) is 0 Å². The Kier molecular flexibility index (Phi) is 5.25. The van der Waals surface area contributed by atoms with Crippen molar-refractivity contribution < 1.29 is 31.5 Å². The molecule has 0 radical (unpaired) electrons. The zero-order valence-electron chi connectivity index (χ0n) is 14.1. The third-order valence-corrected chi connectivity index (χ3v) is 3.56. The van der Waals surface area contributed by atoms with Crippen LogP contribution in [0.2, 0.25) is 0 Å². The standard InChI is InChI=1S/C17H11F5N4O2/c1-8-23-15(16(27)24-12-7-6-11(18)13(19)14(12)20)25-26(8)9-2-4-10(5-3-9)28-17(21)22/h2-7,17H,1H3,(H,24,27). The Balaban J connectivity index is 1.82. The lowest BCUT2D eigenvalue weighted by atomic mass is 10.2. The topological polar surface area (TPSA) is 69.0 Å². The van der Waals surface area contributed by atoms with E-state index >= 15 is 0 Å². The number of aryl methyl sites for hydroxylation is 1. The van der Waals surface area contributed by atoms with Crippen molar-refractivity contribution in [2.24, 2.45) is 0 Å². The number of benzene rings is 2. The number of carbonyl (C=O) groups excluding carboxylic acids is 1.